The molecule has 2 aliphatic rings. The van der Waals surface area contributed by atoms with E-state index in [1.54, 1.807) is 0 Å². The van der Waals surface area contributed by atoms with Gasteiger partial charge in [-0.1, -0.05) is 12.8 Å². The van der Waals surface area contributed by atoms with Crippen LogP contribution in [-0.4, -0.2) is 17.7 Å². The van der Waals surface area contributed by atoms with E-state index in [-0.39, 0.29) is 5.48 Å². The molecule has 1 saturated heterocycles. The van der Waals surface area contributed by atoms with Gasteiger partial charge in [0.2, 0.25) is 0 Å². The molecule has 1 aliphatic carbocycles. The highest BCUT2D eigenvalue weighted by atomic mass is 16.6. The van der Waals surface area contributed by atoms with Crippen LogP contribution in [0.1, 0.15) is 25.7 Å². The maximum Gasteiger partial charge on any atom is 0.0841 e. The first kappa shape index (κ1) is 6.05. The molecule has 0 aromatic rings. The van der Waals surface area contributed by atoms with E-state index in [1.165, 1.54) is 25.7 Å². The lowest BCUT2D eigenvalue weighted by molar-refractivity contribution is 0.373. The lowest BCUT2D eigenvalue weighted by Gasteiger charge is -2.00. The fourth-order valence-electron chi connectivity index (χ4n) is 1.38. The second-order valence-corrected chi connectivity index (χ2v) is 2.50. The van der Waals surface area contributed by atoms with Crippen LogP contribution < -0.4 is 0 Å². The summed E-state index contributed by atoms with van der Waals surface area (Å²) in [7, 11) is 0. The fourth-order valence-corrected chi connectivity index (χ4v) is 1.38. The average molecular weight is 116 g/mol. The molecule has 0 aromatic heterocycles. The van der Waals surface area contributed by atoms with E-state index in [9.17, 15) is 0 Å². The molecule has 1 heterocycles. The Morgan fingerprint density at radius 1 is 1.00 bits per heavy atom. The second kappa shape index (κ2) is 2.03. The van der Waals surface area contributed by atoms with E-state index in [0.717, 1.165) is 0 Å². The molecule has 0 radical (unpaired) electrons. The second-order valence-electron chi connectivity index (χ2n) is 2.50. The zero-order valence-corrected chi connectivity index (χ0v) is 4.89. The van der Waals surface area contributed by atoms with Gasteiger partial charge in [-0.05, 0) is 12.8 Å². The van der Waals surface area contributed by atoms with Gasteiger partial charge in [-0.15, -0.1) is 0 Å². The fraction of sp³-hybridized carbons (Fsp3) is 1.00. The van der Waals surface area contributed by atoms with Gasteiger partial charge in [0.05, 0.1) is 12.2 Å². The molecule has 0 amide bonds. The summed E-state index contributed by atoms with van der Waals surface area (Å²) in [4.78, 5) is 0. The van der Waals surface area contributed by atoms with Crippen LogP contribution in [0.25, 0.3) is 0 Å². The van der Waals surface area contributed by atoms with Crippen molar-refractivity contribution in [2.45, 2.75) is 37.9 Å². The van der Waals surface area contributed by atoms with Crippen LogP contribution in [0.4, 0.5) is 0 Å². The Morgan fingerprint density at radius 2 is 1.50 bits per heavy atom. The van der Waals surface area contributed by atoms with E-state index in [2.05, 4.69) is 0 Å². The molecule has 0 bridgehead atoms. The number of rotatable bonds is 0. The predicted octanol–water partition coefficient (Wildman–Crippen LogP) is 0.503. The number of ether oxygens (including phenoxy) is 1. The monoisotopic (exact) mass is 116 g/mol. The highest BCUT2D eigenvalue weighted by molar-refractivity contribution is 4.87. The Labute approximate surface area is 49.1 Å². The molecule has 2 rings (SSSR count). The van der Waals surface area contributed by atoms with Gasteiger partial charge in [0.25, 0.3) is 0 Å². The first-order valence-electron chi connectivity index (χ1n) is 3.12. The molecule has 2 unspecified atom stereocenters. The SMILES string of the molecule is C1CCC2OC2C1.O. The van der Waals surface area contributed by atoms with Gasteiger partial charge in [-0.25, -0.2) is 0 Å². The highest BCUT2D eigenvalue weighted by Crippen LogP contribution is 2.35. The summed E-state index contributed by atoms with van der Waals surface area (Å²) < 4.78 is 5.28. The number of epoxide rings is 1. The summed E-state index contributed by atoms with van der Waals surface area (Å²) in [5.74, 6) is 0. The normalized spacial score (nSPS) is 42.0. The third-order valence-corrected chi connectivity index (χ3v) is 1.91. The maximum absolute atomic E-state index is 5.28. The van der Waals surface area contributed by atoms with E-state index in [1.807, 2.05) is 0 Å². The molecule has 2 N–H and O–H groups in total. The Bertz CT molecular complexity index is 72.6. The molecule has 8 heavy (non-hydrogen) atoms. The van der Waals surface area contributed by atoms with Crippen molar-refractivity contribution < 1.29 is 10.2 Å². The molecule has 1 saturated carbocycles. The number of hydrogen-bond acceptors (Lipinski definition) is 1. The first-order valence-corrected chi connectivity index (χ1v) is 3.12. The smallest absolute Gasteiger partial charge is 0.0841 e. The Kier molecular flexibility index (Phi) is 1.54. The minimum Gasteiger partial charge on any atom is -0.412 e. The molecule has 0 aromatic carbocycles. The van der Waals surface area contributed by atoms with Gasteiger partial charge in [0, 0.05) is 0 Å². The van der Waals surface area contributed by atoms with Crippen molar-refractivity contribution in [1.82, 2.24) is 0 Å². The lowest BCUT2D eigenvalue weighted by Crippen LogP contribution is -2.00. The Morgan fingerprint density at radius 3 is 1.88 bits per heavy atom. The zero-order valence-electron chi connectivity index (χ0n) is 4.89. The predicted molar refractivity (Wildman–Crippen MR) is 30.7 cm³/mol. The molecule has 0 spiro atoms. The Balaban J connectivity index is 0.000000320. The summed E-state index contributed by atoms with van der Waals surface area (Å²) in [6, 6.07) is 0. The minimum atomic E-state index is 0. The molecule has 48 valence electrons. The molecular weight excluding hydrogens is 104 g/mol. The standard InChI is InChI=1S/C6H10O.H2O/c1-2-4-6-5(3-1)7-6;/h5-6H,1-4H2;1H2. The van der Waals surface area contributed by atoms with Crippen molar-refractivity contribution in [2.75, 3.05) is 0 Å². The Hall–Kier alpha value is -0.0800. The molecule has 1 aliphatic heterocycles. The molecule has 2 atom stereocenters. The van der Waals surface area contributed by atoms with Crippen LogP contribution in [0.15, 0.2) is 0 Å². The third-order valence-electron chi connectivity index (χ3n) is 1.91. The van der Waals surface area contributed by atoms with Crippen molar-refractivity contribution in [2.24, 2.45) is 0 Å². The third kappa shape index (κ3) is 0.858. The summed E-state index contributed by atoms with van der Waals surface area (Å²) >= 11 is 0. The van der Waals surface area contributed by atoms with Gasteiger partial charge < -0.3 is 10.2 Å². The maximum atomic E-state index is 5.28. The van der Waals surface area contributed by atoms with Crippen molar-refractivity contribution in [3.05, 3.63) is 0 Å². The van der Waals surface area contributed by atoms with Gasteiger partial charge in [0.15, 0.2) is 0 Å². The van der Waals surface area contributed by atoms with Gasteiger partial charge in [0.1, 0.15) is 0 Å². The lowest BCUT2D eigenvalue weighted by atomic mass is 10.0. The van der Waals surface area contributed by atoms with Crippen LogP contribution in [-0.2, 0) is 4.74 Å². The molecule has 2 heteroatoms. The number of fused-ring (bicyclic) bond motifs is 1. The van der Waals surface area contributed by atoms with Crippen LogP contribution in [0.3, 0.4) is 0 Å². The summed E-state index contributed by atoms with van der Waals surface area (Å²) in [6.45, 7) is 0. The van der Waals surface area contributed by atoms with Crippen LogP contribution >= 0.6 is 0 Å². The molecule has 2 fully saturated rings. The summed E-state index contributed by atoms with van der Waals surface area (Å²) in [5.41, 5.74) is 0. The topological polar surface area (TPSA) is 44.0 Å². The van der Waals surface area contributed by atoms with Crippen molar-refractivity contribution in [1.29, 1.82) is 0 Å². The van der Waals surface area contributed by atoms with Crippen LogP contribution in [0.5, 0.6) is 0 Å². The summed E-state index contributed by atoms with van der Waals surface area (Å²) in [5, 5.41) is 0. The van der Waals surface area contributed by atoms with Crippen molar-refractivity contribution in [3.63, 3.8) is 0 Å². The van der Waals surface area contributed by atoms with Crippen LogP contribution in [0.2, 0.25) is 0 Å². The van der Waals surface area contributed by atoms with Crippen molar-refractivity contribution >= 4 is 0 Å². The van der Waals surface area contributed by atoms with Crippen LogP contribution in [0, 0.1) is 0 Å². The summed E-state index contributed by atoms with van der Waals surface area (Å²) in [6.07, 6.45) is 6.89. The van der Waals surface area contributed by atoms with E-state index >= 15 is 0 Å². The highest BCUT2D eigenvalue weighted by Gasteiger charge is 2.39. The van der Waals surface area contributed by atoms with Gasteiger partial charge >= 0.3 is 0 Å². The van der Waals surface area contributed by atoms with Gasteiger partial charge in [-0.3, -0.25) is 0 Å². The quantitative estimate of drug-likeness (QED) is 0.425. The van der Waals surface area contributed by atoms with Gasteiger partial charge in [-0.2, -0.15) is 0 Å². The molecular formula is C6H12O2. The number of hydrogen-bond donors (Lipinski definition) is 0. The van der Waals surface area contributed by atoms with E-state index < -0.39 is 0 Å². The van der Waals surface area contributed by atoms with E-state index in [4.69, 9.17) is 4.74 Å². The van der Waals surface area contributed by atoms with E-state index in [0.29, 0.717) is 12.2 Å². The molecule has 2 nitrogen and oxygen atoms in total. The zero-order chi connectivity index (χ0) is 4.69. The minimum absolute atomic E-state index is 0. The average Bonchev–Trinajstić information content (AvgIpc) is 2.41. The largest absolute Gasteiger partial charge is 0.412 e. The first-order chi connectivity index (χ1) is 3.47. The van der Waals surface area contributed by atoms with Crippen molar-refractivity contribution in [3.8, 4) is 0 Å².